The molecule has 1 aliphatic heterocycles. The fourth-order valence-electron chi connectivity index (χ4n) is 1.59. The zero-order valence-corrected chi connectivity index (χ0v) is 14.2. The summed E-state index contributed by atoms with van der Waals surface area (Å²) in [6.07, 6.45) is 4.04. The van der Waals surface area contributed by atoms with Crippen molar-refractivity contribution in [2.75, 3.05) is 6.26 Å². The first-order chi connectivity index (χ1) is 10.3. The first kappa shape index (κ1) is 16.9. The molecule has 0 saturated heterocycles. The van der Waals surface area contributed by atoms with Crippen molar-refractivity contribution in [2.45, 2.75) is 0 Å². The molecule has 0 saturated carbocycles. The average molecular weight is 375 g/mol. The van der Waals surface area contributed by atoms with Crippen molar-refractivity contribution in [2.24, 2.45) is 5.16 Å². The van der Waals surface area contributed by atoms with Crippen molar-refractivity contribution in [3.05, 3.63) is 50.9 Å². The summed E-state index contributed by atoms with van der Waals surface area (Å²) in [6.45, 7) is 0. The maximum atomic E-state index is 10.9. The first-order valence-electron chi connectivity index (χ1n) is 5.73. The molecule has 2 rings (SSSR count). The number of rotatable bonds is 3. The molecule has 0 atom stereocenters. The van der Waals surface area contributed by atoms with E-state index in [9.17, 15) is 13.7 Å². The molecule has 0 fully saturated rings. The van der Waals surface area contributed by atoms with Gasteiger partial charge in [-0.2, -0.15) is 13.7 Å². The first-order valence-corrected chi connectivity index (χ1v) is 9.12. The smallest absolute Gasteiger partial charge is 0.268 e. The van der Waals surface area contributed by atoms with Crippen LogP contribution >= 0.6 is 35.0 Å². The summed E-state index contributed by atoms with van der Waals surface area (Å²) in [4.78, 5) is 0.549. The second-order valence-electron chi connectivity index (χ2n) is 4.09. The molecule has 0 spiro atoms. The highest BCUT2D eigenvalue weighted by Crippen LogP contribution is 2.39. The van der Waals surface area contributed by atoms with Crippen molar-refractivity contribution in [1.29, 1.82) is 5.26 Å². The zero-order chi connectivity index (χ0) is 16.3. The molecule has 0 N–H and O–H groups in total. The van der Waals surface area contributed by atoms with E-state index < -0.39 is 10.1 Å². The second-order valence-corrected chi connectivity index (χ2v) is 7.53. The van der Waals surface area contributed by atoms with Crippen LogP contribution in [-0.4, -0.2) is 19.7 Å². The van der Waals surface area contributed by atoms with E-state index in [1.165, 1.54) is 6.08 Å². The maximum absolute atomic E-state index is 10.9. The summed E-state index contributed by atoms with van der Waals surface area (Å²) in [6, 6.07) is 7.00. The predicted octanol–water partition coefficient (Wildman–Crippen LogP) is 3.82. The highest BCUT2D eigenvalue weighted by atomic mass is 35.5. The predicted molar refractivity (Wildman–Crippen MR) is 89.1 cm³/mol. The molecule has 1 aliphatic rings. The Morgan fingerprint density at radius 1 is 1.32 bits per heavy atom. The number of nitrogens with zero attached hydrogens (tertiary/aromatic N) is 2. The Morgan fingerprint density at radius 2 is 1.95 bits per heavy atom. The molecular formula is C13H8Cl2N2O3S2. The molecule has 0 aromatic heterocycles. The van der Waals surface area contributed by atoms with Crippen LogP contribution in [0.4, 0.5) is 0 Å². The summed E-state index contributed by atoms with van der Waals surface area (Å²) in [5, 5.41) is 13.9. The summed E-state index contributed by atoms with van der Waals surface area (Å²) < 4.78 is 26.2. The van der Waals surface area contributed by atoms with Crippen molar-refractivity contribution < 1.29 is 12.7 Å². The normalized spacial score (nSPS) is 18.4. The van der Waals surface area contributed by atoms with E-state index in [-0.39, 0.29) is 5.57 Å². The van der Waals surface area contributed by atoms with Gasteiger partial charge in [0.25, 0.3) is 0 Å². The number of allylic oxidation sites excluding steroid dienone is 2. The van der Waals surface area contributed by atoms with Crippen LogP contribution in [0.15, 0.2) is 40.4 Å². The standard InChI is InChI=1S/C13H8Cl2N2O3S2/c1-22(18,19)20-17-12-6-5-11(21-12)8(7-16)13-9(14)3-2-4-10(13)15/h2-6H,1H3/b11-8+,17-12?. The minimum Gasteiger partial charge on any atom is -0.268 e. The van der Waals surface area contributed by atoms with Gasteiger partial charge in [-0.1, -0.05) is 46.2 Å². The average Bonchev–Trinajstić information content (AvgIpc) is 2.88. The number of halogens is 2. The number of hydrogen-bond donors (Lipinski definition) is 0. The van der Waals surface area contributed by atoms with E-state index in [1.54, 1.807) is 24.3 Å². The van der Waals surface area contributed by atoms with Crippen LogP contribution in [0.2, 0.25) is 10.0 Å². The van der Waals surface area contributed by atoms with Crippen molar-refractivity contribution >= 4 is 55.7 Å². The van der Waals surface area contributed by atoms with Gasteiger partial charge >= 0.3 is 10.1 Å². The lowest BCUT2D eigenvalue weighted by Gasteiger charge is -2.07. The van der Waals surface area contributed by atoms with E-state index >= 15 is 0 Å². The fraction of sp³-hybridized carbons (Fsp3) is 0.0769. The third-order valence-electron chi connectivity index (χ3n) is 2.43. The molecule has 0 radical (unpaired) electrons. The SMILES string of the molecule is CS(=O)(=O)ON=C1C=C/C(=C(/C#N)c2c(Cl)cccc2Cl)S1. The molecule has 0 unspecified atom stereocenters. The molecule has 1 heterocycles. The van der Waals surface area contributed by atoms with Gasteiger partial charge in [-0.15, -0.1) is 0 Å². The Labute approximate surface area is 142 Å². The van der Waals surface area contributed by atoms with Gasteiger partial charge in [-0.25, -0.2) is 0 Å². The van der Waals surface area contributed by atoms with Crippen LogP contribution in [0.1, 0.15) is 5.56 Å². The summed E-state index contributed by atoms with van der Waals surface area (Å²) in [7, 11) is -3.68. The Morgan fingerprint density at radius 3 is 2.50 bits per heavy atom. The molecule has 5 nitrogen and oxygen atoms in total. The Hall–Kier alpha value is -1.46. The summed E-state index contributed by atoms with van der Waals surface area (Å²) in [5.41, 5.74) is 0.701. The lowest BCUT2D eigenvalue weighted by molar-refractivity contribution is 0.345. The van der Waals surface area contributed by atoms with Gasteiger partial charge in [0, 0.05) is 10.5 Å². The molecule has 22 heavy (non-hydrogen) atoms. The van der Waals surface area contributed by atoms with Gasteiger partial charge in [0.05, 0.1) is 21.9 Å². The largest absolute Gasteiger partial charge is 0.325 e. The number of hydrogen-bond acceptors (Lipinski definition) is 6. The molecule has 1 aromatic carbocycles. The Bertz CT molecular complexity index is 832. The molecular weight excluding hydrogens is 367 g/mol. The molecule has 0 amide bonds. The van der Waals surface area contributed by atoms with Gasteiger partial charge in [-0.05, 0) is 24.3 Å². The van der Waals surface area contributed by atoms with E-state index in [0.717, 1.165) is 18.0 Å². The quantitative estimate of drug-likeness (QED) is 0.593. The summed E-state index contributed by atoms with van der Waals surface area (Å²) in [5.74, 6) is 0. The van der Waals surface area contributed by atoms with Crippen LogP contribution in [0.5, 0.6) is 0 Å². The van der Waals surface area contributed by atoms with E-state index in [1.807, 2.05) is 0 Å². The van der Waals surface area contributed by atoms with Crippen LogP contribution in [0.25, 0.3) is 5.57 Å². The highest BCUT2D eigenvalue weighted by molar-refractivity contribution is 8.18. The van der Waals surface area contributed by atoms with Crippen molar-refractivity contribution in [1.82, 2.24) is 0 Å². The van der Waals surface area contributed by atoms with E-state index in [0.29, 0.717) is 25.6 Å². The maximum Gasteiger partial charge on any atom is 0.325 e. The van der Waals surface area contributed by atoms with Gasteiger partial charge < -0.3 is 0 Å². The second kappa shape index (κ2) is 6.75. The Balaban J connectivity index is 2.39. The lowest BCUT2D eigenvalue weighted by atomic mass is 10.1. The van der Waals surface area contributed by atoms with E-state index in [2.05, 4.69) is 15.5 Å². The molecule has 9 heteroatoms. The minimum atomic E-state index is -3.68. The lowest BCUT2D eigenvalue weighted by Crippen LogP contribution is -1.98. The monoisotopic (exact) mass is 374 g/mol. The van der Waals surface area contributed by atoms with Crippen molar-refractivity contribution in [3.63, 3.8) is 0 Å². The molecule has 0 aliphatic carbocycles. The van der Waals surface area contributed by atoms with Crippen LogP contribution in [0.3, 0.4) is 0 Å². The zero-order valence-electron chi connectivity index (χ0n) is 11.1. The van der Waals surface area contributed by atoms with Crippen LogP contribution in [-0.2, 0) is 14.4 Å². The Kier molecular flexibility index (Phi) is 5.19. The van der Waals surface area contributed by atoms with Gasteiger partial charge in [0.1, 0.15) is 11.1 Å². The van der Waals surface area contributed by atoms with E-state index in [4.69, 9.17) is 23.2 Å². The molecule has 0 bridgehead atoms. The van der Waals surface area contributed by atoms with Gasteiger partial charge in [0.15, 0.2) is 0 Å². The number of benzene rings is 1. The van der Waals surface area contributed by atoms with Crippen LogP contribution < -0.4 is 0 Å². The van der Waals surface area contributed by atoms with Gasteiger partial charge in [0.2, 0.25) is 0 Å². The topological polar surface area (TPSA) is 79.5 Å². The minimum absolute atomic E-state index is 0.279. The highest BCUT2D eigenvalue weighted by Gasteiger charge is 2.19. The number of thioether (sulfide) groups is 1. The van der Waals surface area contributed by atoms with Crippen LogP contribution in [0, 0.1) is 11.3 Å². The number of oxime groups is 1. The third kappa shape index (κ3) is 4.05. The number of nitriles is 1. The fourth-order valence-corrected chi connectivity index (χ4v) is 3.26. The molecule has 114 valence electrons. The third-order valence-corrected chi connectivity index (χ3v) is 4.38. The van der Waals surface area contributed by atoms with Crippen molar-refractivity contribution in [3.8, 4) is 6.07 Å². The molecule has 1 aromatic rings. The summed E-state index contributed by atoms with van der Waals surface area (Å²) >= 11 is 13.3. The van der Waals surface area contributed by atoms with Gasteiger partial charge in [-0.3, -0.25) is 4.28 Å².